The first kappa shape index (κ1) is 14.6. The molecular formula is C14H15F3N2O. The van der Waals surface area contributed by atoms with Crippen molar-refractivity contribution < 1.29 is 18.4 Å². The van der Waals surface area contributed by atoms with Gasteiger partial charge in [-0.2, -0.15) is 23.4 Å². The maximum Gasteiger partial charge on any atom is 0.416 e. The van der Waals surface area contributed by atoms with Crippen molar-refractivity contribution in [3.8, 4) is 0 Å². The number of alkyl halides is 3. The van der Waals surface area contributed by atoms with Crippen molar-refractivity contribution in [2.75, 3.05) is 6.54 Å². The molecule has 0 spiro atoms. The quantitative estimate of drug-likeness (QED) is 0.921. The van der Waals surface area contributed by atoms with Crippen LogP contribution in [0.1, 0.15) is 23.1 Å². The Labute approximate surface area is 115 Å². The Morgan fingerprint density at radius 2 is 2.05 bits per heavy atom. The standard InChI is InChI=1S/C14H15F3N2O/c1-10-9-12(14(15,16)17)6-4-11(10)5-7-13-3-2-8-19(20)18-13/h2-4,6,9,20H,5,7-8H2,1H3. The van der Waals surface area contributed by atoms with Crippen LogP contribution in [0.5, 0.6) is 0 Å². The van der Waals surface area contributed by atoms with E-state index in [9.17, 15) is 18.4 Å². The molecule has 0 bridgehead atoms. The molecule has 0 unspecified atom stereocenters. The molecule has 0 radical (unpaired) electrons. The maximum absolute atomic E-state index is 12.6. The molecule has 0 aliphatic carbocycles. The van der Waals surface area contributed by atoms with Crippen LogP contribution in [-0.4, -0.2) is 22.6 Å². The summed E-state index contributed by atoms with van der Waals surface area (Å²) in [7, 11) is 0. The van der Waals surface area contributed by atoms with Gasteiger partial charge < -0.3 is 0 Å². The lowest BCUT2D eigenvalue weighted by Crippen LogP contribution is -2.18. The predicted molar refractivity (Wildman–Crippen MR) is 69.6 cm³/mol. The van der Waals surface area contributed by atoms with Gasteiger partial charge in [-0.05, 0) is 49.1 Å². The number of aryl methyl sites for hydroxylation is 2. The van der Waals surface area contributed by atoms with Crippen LogP contribution in [0.4, 0.5) is 13.2 Å². The van der Waals surface area contributed by atoms with Crippen molar-refractivity contribution in [2.45, 2.75) is 25.9 Å². The number of hydrogen-bond donors (Lipinski definition) is 1. The van der Waals surface area contributed by atoms with E-state index in [0.29, 0.717) is 30.7 Å². The molecule has 0 saturated carbocycles. The van der Waals surface area contributed by atoms with Gasteiger partial charge >= 0.3 is 6.18 Å². The van der Waals surface area contributed by atoms with Crippen LogP contribution >= 0.6 is 0 Å². The highest BCUT2D eigenvalue weighted by Gasteiger charge is 2.30. The van der Waals surface area contributed by atoms with E-state index in [1.54, 1.807) is 13.0 Å². The molecule has 20 heavy (non-hydrogen) atoms. The predicted octanol–water partition coefficient (Wildman–Crippen LogP) is 3.56. The minimum atomic E-state index is -4.31. The summed E-state index contributed by atoms with van der Waals surface area (Å²) < 4.78 is 37.7. The number of rotatable bonds is 3. The fourth-order valence-electron chi connectivity index (χ4n) is 2.05. The molecule has 0 saturated heterocycles. The van der Waals surface area contributed by atoms with Crippen LogP contribution in [0.2, 0.25) is 0 Å². The van der Waals surface area contributed by atoms with Crippen molar-refractivity contribution in [1.29, 1.82) is 0 Å². The van der Waals surface area contributed by atoms with Gasteiger partial charge in [-0.1, -0.05) is 12.1 Å². The van der Waals surface area contributed by atoms with E-state index >= 15 is 0 Å². The van der Waals surface area contributed by atoms with Gasteiger partial charge in [-0.25, -0.2) is 0 Å². The first-order chi connectivity index (χ1) is 9.36. The lowest BCUT2D eigenvalue weighted by Gasteiger charge is -2.15. The van der Waals surface area contributed by atoms with E-state index < -0.39 is 11.7 Å². The van der Waals surface area contributed by atoms with Crippen LogP contribution in [0.15, 0.2) is 35.5 Å². The van der Waals surface area contributed by atoms with E-state index in [0.717, 1.165) is 22.9 Å². The first-order valence-corrected chi connectivity index (χ1v) is 6.23. The van der Waals surface area contributed by atoms with Crippen molar-refractivity contribution in [1.82, 2.24) is 5.17 Å². The summed E-state index contributed by atoms with van der Waals surface area (Å²) in [6.07, 6.45) is 0.436. The molecule has 108 valence electrons. The molecule has 0 aromatic heterocycles. The average molecular weight is 284 g/mol. The van der Waals surface area contributed by atoms with Crippen molar-refractivity contribution in [3.63, 3.8) is 0 Å². The summed E-state index contributed by atoms with van der Waals surface area (Å²) in [4.78, 5) is 0. The Bertz CT molecular complexity index is 550. The van der Waals surface area contributed by atoms with Crippen molar-refractivity contribution in [3.05, 3.63) is 47.0 Å². The Kier molecular flexibility index (Phi) is 4.13. The first-order valence-electron chi connectivity index (χ1n) is 6.23. The van der Waals surface area contributed by atoms with Crippen LogP contribution in [0, 0.1) is 6.92 Å². The van der Waals surface area contributed by atoms with Crippen LogP contribution in [-0.2, 0) is 12.6 Å². The zero-order chi connectivity index (χ0) is 14.8. The van der Waals surface area contributed by atoms with Gasteiger partial charge in [-0.3, -0.25) is 5.21 Å². The minimum Gasteiger partial charge on any atom is -0.271 e. The van der Waals surface area contributed by atoms with E-state index in [1.165, 1.54) is 6.07 Å². The Balaban J connectivity index is 2.06. The Hall–Kier alpha value is -1.82. The smallest absolute Gasteiger partial charge is 0.271 e. The summed E-state index contributed by atoms with van der Waals surface area (Å²) in [6, 6.07) is 3.76. The van der Waals surface area contributed by atoms with Gasteiger partial charge in [0.2, 0.25) is 0 Å². The zero-order valence-corrected chi connectivity index (χ0v) is 11.0. The molecule has 6 heteroatoms. The third kappa shape index (κ3) is 3.60. The average Bonchev–Trinajstić information content (AvgIpc) is 2.36. The van der Waals surface area contributed by atoms with Crippen LogP contribution < -0.4 is 0 Å². The minimum absolute atomic E-state index is 0.350. The monoisotopic (exact) mass is 284 g/mol. The molecular weight excluding hydrogens is 269 g/mol. The van der Waals surface area contributed by atoms with E-state index in [4.69, 9.17) is 0 Å². The molecule has 1 aliphatic heterocycles. The number of hydroxylamine groups is 1. The highest BCUT2D eigenvalue weighted by molar-refractivity contribution is 5.95. The summed E-state index contributed by atoms with van der Waals surface area (Å²) in [6.45, 7) is 2.02. The van der Waals surface area contributed by atoms with Gasteiger partial charge in [0, 0.05) is 0 Å². The van der Waals surface area contributed by atoms with E-state index in [2.05, 4.69) is 5.10 Å². The van der Waals surface area contributed by atoms with Crippen LogP contribution in [0.3, 0.4) is 0 Å². The fraction of sp³-hybridized carbons (Fsp3) is 0.357. The Morgan fingerprint density at radius 1 is 1.30 bits per heavy atom. The highest BCUT2D eigenvalue weighted by Crippen LogP contribution is 2.30. The Morgan fingerprint density at radius 3 is 2.65 bits per heavy atom. The normalized spacial score (nSPS) is 15.4. The third-order valence-corrected chi connectivity index (χ3v) is 3.14. The molecule has 1 aromatic rings. The lowest BCUT2D eigenvalue weighted by molar-refractivity contribution is -0.137. The van der Waals surface area contributed by atoms with Crippen molar-refractivity contribution >= 4 is 5.71 Å². The molecule has 1 heterocycles. The fourth-order valence-corrected chi connectivity index (χ4v) is 2.05. The summed E-state index contributed by atoms with van der Waals surface area (Å²) in [5.41, 5.74) is 1.54. The maximum atomic E-state index is 12.6. The van der Waals surface area contributed by atoms with Gasteiger partial charge in [0.1, 0.15) is 0 Å². The number of allylic oxidation sites excluding steroid dienone is 1. The second-order valence-electron chi connectivity index (χ2n) is 4.69. The van der Waals surface area contributed by atoms with Gasteiger partial charge in [0.15, 0.2) is 0 Å². The molecule has 0 amide bonds. The summed E-state index contributed by atoms with van der Waals surface area (Å²) >= 11 is 0. The molecule has 2 rings (SSSR count). The van der Waals surface area contributed by atoms with Crippen LogP contribution in [0.25, 0.3) is 0 Å². The number of benzene rings is 1. The SMILES string of the molecule is Cc1cc(C(F)(F)F)ccc1CCC1=NN(O)CC=C1. The lowest BCUT2D eigenvalue weighted by atomic mass is 9.99. The number of hydrazone groups is 1. The second-order valence-corrected chi connectivity index (χ2v) is 4.69. The van der Waals surface area contributed by atoms with Gasteiger partial charge in [0.05, 0.1) is 17.8 Å². The number of hydrogen-bond acceptors (Lipinski definition) is 3. The molecule has 0 atom stereocenters. The molecule has 1 aliphatic rings. The molecule has 1 aromatic carbocycles. The molecule has 1 N–H and O–H groups in total. The van der Waals surface area contributed by atoms with E-state index in [1.807, 2.05) is 6.08 Å². The van der Waals surface area contributed by atoms with Crippen molar-refractivity contribution in [2.24, 2.45) is 5.10 Å². The largest absolute Gasteiger partial charge is 0.416 e. The van der Waals surface area contributed by atoms with Gasteiger partial charge in [0.25, 0.3) is 0 Å². The van der Waals surface area contributed by atoms with E-state index in [-0.39, 0.29) is 0 Å². The second kappa shape index (κ2) is 5.66. The topological polar surface area (TPSA) is 35.8 Å². The number of halogens is 3. The summed E-state index contributed by atoms with van der Waals surface area (Å²) in [5, 5.41) is 14.0. The third-order valence-electron chi connectivity index (χ3n) is 3.14. The number of nitrogens with zero attached hydrogens (tertiary/aromatic N) is 2. The molecule has 3 nitrogen and oxygen atoms in total. The summed E-state index contributed by atoms with van der Waals surface area (Å²) in [5.74, 6) is 0. The van der Waals surface area contributed by atoms with Gasteiger partial charge in [-0.15, -0.1) is 0 Å². The molecule has 0 fully saturated rings. The highest BCUT2D eigenvalue weighted by atomic mass is 19.4. The zero-order valence-electron chi connectivity index (χ0n) is 11.0.